The van der Waals surface area contributed by atoms with Crippen LogP contribution in [0.5, 0.6) is 0 Å². The number of nitrogens with one attached hydrogen (secondary N) is 1. The summed E-state index contributed by atoms with van der Waals surface area (Å²) in [4.78, 5) is 0. The molecule has 5 nitrogen and oxygen atoms in total. The second-order valence-electron chi connectivity index (χ2n) is 5.60. The average molecular weight is 249 g/mol. The fraction of sp³-hybridized carbons (Fsp3) is 1.00. The lowest BCUT2D eigenvalue weighted by Gasteiger charge is -2.37. The minimum atomic E-state index is -3.39. The van der Waals surface area contributed by atoms with Gasteiger partial charge in [-0.2, -0.15) is 17.4 Å². The van der Waals surface area contributed by atoms with Crippen LogP contribution in [0.3, 0.4) is 0 Å². The SMILES string of the molecule is CC1CC(N)CCN1S(=O)(=O)NC(C)(C)C. The number of hydrogen-bond acceptors (Lipinski definition) is 3. The van der Waals surface area contributed by atoms with Crippen LogP contribution in [0.4, 0.5) is 0 Å². The molecule has 96 valence electrons. The van der Waals surface area contributed by atoms with Crippen molar-refractivity contribution >= 4 is 10.2 Å². The first-order chi connectivity index (χ1) is 7.12. The summed E-state index contributed by atoms with van der Waals surface area (Å²) in [5.41, 5.74) is 5.37. The van der Waals surface area contributed by atoms with E-state index < -0.39 is 15.7 Å². The lowest BCUT2D eigenvalue weighted by atomic mass is 10.0. The molecule has 1 heterocycles. The van der Waals surface area contributed by atoms with Gasteiger partial charge in [0.2, 0.25) is 0 Å². The normalized spacial score (nSPS) is 29.3. The van der Waals surface area contributed by atoms with E-state index in [9.17, 15) is 8.42 Å². The molecular weight excluding hydrogens is 226 g/mol. The molecule has 6 heteroatoms. The van der Waals surface area contributed by atoms with Crippen LogP contribution in [0.15, 0.2) is 0 Å². The molecule has 1 aliphatic rings. The molecule has 16 heavy (non-hydrogen) atoms. The molecule has 0 bridgehead atoms. The average Bonchev–Trinajstić information content (AvgIpc) is 1.97. The van der Waals surface area contributed by atoms with Gasteiger partial charge in [0.25, 0.3) is 10.2 Å². The van der Waals surface area contributed by atoms with Gasteiger partial charge in [-0.25, -0.2) is 0 Å². The first-order valence-corrected chi connectivity index (χ1v) is 7.12. The van der Waals surface area contributed by atoms with Crippen LogP contribution in [0.1, 0.15) is 40.5 Å². The van der Waals surface area contributed by atoms with Crippen molar-refractivity contribution in [1.82, 2.24) is 9.03 Å². The predicted octanol–water partition coefficient (Wildman–Crippen LogP) is 0.431. The summed E-state index contributed by atoms with van der Waals surface area (Å²) in [6.07, 6.45) is 1.46. The van der Waals surface area contributed by atoms with Gasteiger partial charge in [-0.15, -0.1) is 0 Å². The maximum absolute atomic E-state index is 12.1. The first kappa shape index (κ1) is 13.9. The van der Waals surface area contributed by atoms with Crippen LogP contribution in [0.2, 0.25) is 0 Å². The standard InChI is InChI=1S/C10H23N3O2S/c1-8-7-9(11)5-6-13(8)16(14,15)12-10(2,3)4/h8-9,12H,5-7,11H2,1-4H3. The Bertz CT molecular complexity index is 334. The van der Waals surface area contributed by atoms with Gasteiger partial charge in [-0.3, -0.25) is 0 Å². The molecule has 1 fully saturated rings. The third kappa shape index (κ3) is 3.69. The molecule has 0 aromatic carbocycles. The number of piperidine rings is 1. The third-order valence-corrected chi connectivity index (χ3v) is 4.63. The number of nitrogens with two attached hydrogens (primary N) is 1. The Morgan fingerprint density at radius 2 is 1.94 bits per heavy atom. The van der Waals surface area contributed by atoms with Crippen molar-refractivity contribution in [2.45, 2.75) is 58.2 Å². The van der Waals surface area contributed by atoms with Crippen molar-refractivity contribution in [1.29, 1.82) is 0 Å². The van der Waals surface area contributed by atoms with Crippen LogP contribution < -0.4 is 10.5 Å². The minimum Gasteiger partial charge on any atom is -0.328 e. The molecule has 0 saturated carbocycles. The topological polar surface area (TPSA) is 75.4 Å². The van der Waals surface area contributed by atoms with Crippen LogP contribution in [-0.4, -0.2) is 36.9 Å². The summed E-state index contributed by atoms with van der Waals surface area (Å²) in [5, 5.41) is 0. The van der Waals surface area contributed by atoms with E-state index in [4.69, 9.17) is 5.73 Å². The summed E-state index contributed by atoms with van der Waals surface area (Å²) in [6, 6.07) is 0.0969. The van der Waals surface area contributed by atoms with Gasteiger partial charge in [0.1, 0.15) is 0 Å². The van der Waals surface area contributed by atoms with Crippen molar-refractivity contribution in [2.24, 2.45) is 5.73 Å². The molecule has 0 aromatic rings. The maximum atomic E-state index is 12.1. The van der Waals surface area contributed by atoms with Gasteiger partial charge >= 0.3 is 0 Å². The van der Waals surface area contributed by atoms with E-state index in [0.717, 1.165) is 12.8 Å². The molecule has 2 unspecified atom stereocenters. The maximum Gasteiger partial charge on any atom is 0.280 e. The zero-order valence-electron chi connectivity index (χ0n) is 10.5. The van der Waals surface area contributed by atoms with Gasteiger partial charge < -0.3 is 5.73 Å². The Hall–Kier alpha value is -0.170. The highest BCUT2D eigenvalue weighted by molar-refractivity contribution is 7.87. The lowest BCUT2D eigenvalue weighted by molar-refractivity contribution is 0.241. The minimum absolute atomic E-state index is 0.0244. The quantitative estimate of drug-likeness (QED) is 0.745. The summed E-state index contributed by atoms with van der Waals surface area (Å²) in [6.45, 7) is 7.93. The second kappa shape index (κ2) is 4.60. The van der Waals surface area contributed by atoms with E-state index >= 15 is 0 Å². The van der Waals surface area contributed by atoms with Crippen molar-refractivity contribution in [3.63, 3.8) is 0 Å². The van der Waals surface area contributed by atoms with E-state index in [0.29, 0.717) is 6.54 Å². The van der Waals surface area contributed by atoms with E-state index in [1.807, 2.05) is 27.7 Å². The predicted molar refractivity (Wildman–Crippen MR) is 65.2 cm³/mol. The number of hydrogen-bond donors (Lipinski definition) is 2. The summed E-state index contributed by atoms with van der Waals surface area (Å²) < 4.78 is 28.4. The van der Waals surface area contributed by atoms with E-state index in [1.54, 1.807) is 0 Å². The van der Waals surface area contributed by atoms with E-state index in [1.165, 1.54) is 4.31 Å². The fourth-order valence-corrected chi connectivity index (χ4v) is 3.79. The van der Waals surface area contributed by atoms with Crippen molar-refractivity contribution in [2.75, 3.05) is 6.54 Å². The molecule has 0 aromatic heterocycles. The molecule has 2 atom stereocenters. The monoisotopic (exact) mass is 249 g/mol. The molecule has 0 spiro atoms. The van der Waals surface area contributed by atoms with E-state index in [-0.39, 0.29) is 12.1 Å². The molecule has 0 amide bonds. The highest BCUT2D eigenvalue weighted by atomic mass is 32.2. The molecular formula is C10H23N3O2S. The van der Waals surface area contributed by atoms with Crippen LogP contribution in [-0.2, 0) is 10.2 Å². The molecule has 0 aliphatic carbocycles. The van der Waals surface area contributed by atoms with E-state index in [2.05, 4.69) is 4.72 Å². The number of nitrogens with zero attached hydrogens (tertiary/aromatic N) is 1. The third-order valence-electron chi connectivity index (χ3n) is 2.60. The fourth-order valence-electron chi connectivity index (χ4n) is 1.99. The van der Waals surface area contributed by atoms with Gasteiger partial charge in [-0.05, 0) is 40.5 Å². The smallest absolute Gasteiger partial charge is 0.280 e. The molecule has 3 N–H and O–H groups in total. The summed E-state index contributed by atoms with van der Waals surface area (Å²) in [7, 11) is -3.39. The van der Waals surface area contributed by atoms with Crippen molar-refractivity contribution in [3.8, 4) is 0 Å². The Kier molecular flexibility index (Phi) is 3.99. The zero-order valence-corrected chi connectivity index (χ0v) is 11.3. The lowest BCUT2D eigenvalue weighted by Crippen LogP contribution is -2.55. The summed E-state index contributed by atoms with van der Waals surface area (Å²) >= 11 is 0. The molecule has 1 aliphatic heterocycles. The second-order valence-corrected chi connectivity index (χ2v) is 7.22. The largest absolute Gasteiger partial charge is 0.328 e. The Morgan fingerprint density at radius 1 is 1.38 bits per heavy atom. The van der Waals surface area contributed by atoms with Crippen molar-refractivity contribution in [3.05, 3.63) is 0 Å². The zero-order chi connectivity index (χ0) is 12.6. The van der Waals surface area contributed by atoms with Crippen LogP contribution >= 0.6 is 0 Å². The molecule has 1 saturated heterocycles. The van der Waals surface area contributed by atoms with Crippen molar-refractivity contribution < 1.29 is 8.42 Å². The van der Waals surface area contributed by atoms with Crippen LogP contribution in [0, 0.1) is 0 Å². The molecule has 1 rings (SSSR count). The van der Waals surface area contributed by atoms with Gasteiger partial charge in [0, 0.05) is 24.2 Å². The molecule has 0 radical (unpaired) electrons. The highest BCUT2D eigenvalue weighted by Gasteiger charge is 2.34. The Balaban J connectivity index is 2.77. The van der Waals surface area contributed by atoms with Gasteiger partial charge in [0.15, 0.2) is 0 Å². The van der Waals surface area contributed by atoms with Gasteiger partial charge in [0.05, 0.1) is 0 Å². The first-order valence-electron chi connectivity index (χ1n) is 5.68. The number of rotatable bonds is 2. The Morgan fingerprint density at radius 3 is 2.38 bits per heavy atom. The Labute approximate surface area is 98.6 Å². The van der Waals surface area contributed by atoms with Crippen LogP contribution in [0.25, 0.3) is 0 Å². The summed E-state index contributed by atoms with van der Waals surface area (Å²) in [5.74, 6) is 0. The highest BCUT2D eigenvalue weighted by Crippen LogP contribution is 2.19. The van der Waals surface area contributed by atoms with Gasteiger partial charge in [-0.1, -0.05) is 0 Å².